The van der Waals surface area contributed by atoms with Gasteiger partial charge in [-0.15, -0.1) is 0 Å². The molecule has 1 atom stereocenters. The molecule has 6 heteroatoms. The summed E-state index contributed by atoms with van der Waals surface area (Å²) >= 11 is 0. The Bertz CT molecular complexity index is 323. The summed E-state index contributed by atoms with van der Waals surface area (Å²) in [6.07, 6.45) is 3.09. The Kier molecular flexibility index (Phi) is 4.15. The smallest absolute Gasteiger partial charge is 0.277 e. The summed E-state index contributed by atoms with van der Waals surface area (Å²) in [6, 6.07) is -0.697. The molecule has 0 bridgehead atoms. The van der Waals surface area contributed by atoms with Crippen LogP contribution in [0.15, 0.2) is 0 Å². The molecule has 5 nitrogen and oxygen atoms in total. The molecule has 1 heterocycles. The van der Waals surface area contributed by atoms with E-state index in [1.807, 2.05) is 6.92 Å². The van der Waals surface area contributed by atoms with Gasteiger partial charge in [-0.1, -0.05) is 19.8 Å². The van der Waals surface area contributed by atoms with Gasteiger partial charge < -0.3 is 0 Å². The maximum Gasteiger partial charge on any atom is 1.00 e. The van der Waals surface area contributed by atoms with Crippen molar-refractivity contribution in [2.24, 2.45) is 11.3 Å². The van der Waals surface area contributed by atoms with Crippen molar-refractivity contribution in [3.8, 4) is 0 Å². The van der Waals surface area contributed by atoms with Crippen LogP contribution in [0.25, 0.3) is 0 Å². The van der Waals surface area contributed by atoms with Crippen molar-refractivity contribution in [3.63, 3.8) is 0 Å². The van der Waals surface area contributed by atoms with Crippen LogP contribution in [-0.4, -0.2) is 17.8 Å². The second kappa shape index (κ2) is 4.85. The second-order valence-corrected chi connectivity index (χ2v) is 4.21. The molecule has 4 amide bonds. The number of imide groups is 2. The molecule has 2 rings (SSSR count). The van der Waals surface area contributed by atoms with Crippen LogP contribution in [0.1, 0.15) is 32.6 Å². The average Bonchev–Trinajstić information content (AvgIpc) is 2.59. The third kappa shape index (κ3) is 1.81. The fourth-order valence-electron chi connectivity index (χ4n) is 2.79. The van der Waals surface area contributed by atoms with E-state index in [1.165, 1.54) is 0 Å². The zero-order valence-electron chi connectivity index (χ0n) is 9.63. The summed E-state index contributed by atoms with van der Waals surface area (Å²) in [5.74, 6) is -0.771. The zero-order chi connectivity index (χ0) is 11.1. The third-order valence-corrected chi connectivity index (χ3v) is 3.58. The molecular weight excluding hydrogens is 219 g/mol. The molecule has 0 aromatic heterocycles. The van der Waals surface area contributed by atoms with Crippen LogP contribution in [0.4, 0.5) is 4.79 Å². The van der Waals surface area contributed by atoms with Gasteiger partial charge in [-0.05, 0) is 18.8 Å². The molecule has 1 aliphatic carbocycles. The van der Waals surface area contributed by atoms with Crippen LogP contribution in [0.3, 0.4) is 0 Å². The number of nitrogens with one attached hydrogen (secondary N) is 2. The molecule has 2 N–H and O–H groups in total. The monoisotopic (exact) mass is 233 g/mol. The molecule has 1 saturated carbocycles. The predicted molar refractivity (Wildman–Crippen MR) is 51.7 cm³/mol. The van der Waals surface area contributed by atoms with Crippen LogP contribution in [0.2, 0.25) is 0 Å². The Morgan fingerprint density at radius 1 is 1.25 bits per heavy atom. The first kappa shape index (κ1) is 13.7. The molecule has 0 radical (unpaired) electrons. The van der Waals surface area contributed by atoms with E-state index < -0.39 is 23.3 Å². The normalized spacial score (nSPS) is 27.3. The van der Waals surface area contributed by atoms with Gasteiger partial charge in [0.05, 0.1) is 0 Å². The standard InChI is InChI=1S/C10H14N2O3.Na/c1-2-6-4-3-5-10(6)7(13)11-9(15)12-8(10)14;/h6H,2-5H2,1H3,(H2,11,12,13,14,15);/q;+1. The maximum absolute atomic E-state index is 11.8. The molecular formula is C10H14N2NaO3+. The molecule has 1 unspecified atom stereocenters. The van der Waals surface area contributed by atoms with E-state index >= 15 is 0 Å². The van der Waals surface area contributed by atoms with Crippen molar-refractivity contribution in [2.45, 2.75) is 32.6 Å². The van der Waals surface area contributed by atoms with Gasteiger partial charge in [-0.2, -0.15) is 0 Å². The Morgan fingerprint density at radius 3 is 2.31 bits per heavy atom. The van der Waals surface area contributed by atoms with Crippen molar-refractivity contribution < 1.29 is 43.9 Å². The number of carbonyl (C=O) groups excluding carboxylic acids is 3. The van der Waals surface area contributed by atoms with E-state index in [-0.39, 0.29) is 35.5 Å². The predicted octanol–water partition coefficient (Wildman–Crippen LogP) is -2.45. The summed E-state index contributed by atoms with van der Waals surface area (Å²) in [5, 5.41) is 4.39. The van der Waals surface area contributed by atoms with Crippen molar-refractivity contribution in [1.82, 2.24) is 10.6 Å². The van der Waals surface area contributed by atoms with E-state index in [9.17, 15) is 14.4 Å². The molecule has 82 valence electrons. The topological polar surface area (TPSA) is 75.3 Å². The number of hydrogen-bond donors (Lipinski definition) is 2. The van der Waals surface area contributed by atoms with Crippen LogP contribution >= 0.6 is 0 Å². The van der Waals surface area contributed by atoms with E-state index in [1.54, 1.807) is 0 Å². The van der Waals surface area contributed by atoms with Gasteiger partial charge in [-0.3, -0.25) is 20.2 Å². The first-order valence-corrected chi connectivity index (χ1v) is 5.28. The molecule has 1 aliphatic heterocycles. The van der Waals surface area contributed by atoms with Gasteiger partial charge in [0.15, 0.2) is 0 Å². The van der Waals surface area contributed by atoms with Crippen LogP contribution < -0.4 is 40.2 Å². The van der Waals surface area contributed by atoms with Crippen molar-refractivity contribution in [2.75, 3.05) is 0 Å². The number of hydrogen-bond acceptors (Lipinski definition) is 3. The minimum absolute atomic E-state index is 0. The van der Waals surface area contributed by atoms with Crippen LogP contribution in [0, 0.1) is 11.3 Å². The van der Waals surface area contributed by atoms with Gasteiger partial charge in [0.1, 0.15) is 5.41 Å². The fraction of sp³-hybridized carbons (Fsp3) is 0.700. The minimum atomic E-state index is -0.983. The zero-order valence-corrected chi connectivity index (χ0v) is 11.6. The van der Waals surface area contributed by atoms with E-state index in [4.69, 9.17) is 0 Å². The molecule has 0 aromatic rings. The maximum atomic E-state index is 11.8. The summed E-state index contributed by atoms with van der Waals surface area (Å²) in [6.45, 7) is 1.97. The van der Waals surface area contributed by atoms with Crippen LogP contribution in [0.5, 0.6) is 0 Å². The minimum Gasteiger partial charge on any atom is -0.277 e. The molecule has 0 aromatic carbocycles. The molecule has 16 heavy (non-hydrogen) atoms. The number of rotatable bonds is 1. The quantitative estimate of drug-likeness (QED) is 0.390. The van der Waals surface area contributed by atoms with E-state index in [0.717, 1.165) is 19.3 Å². The van der Waals surface area contributed by atoms with Gasteiger partial charge >= 0.3 is 35.6 Å². The largest absolute Gasteiger partial charge is 1.00 e. The first-order chi connectivity index (χ1) is 7.11. The van der Waals surface area contributed by atoms with E-state index in [2.05, 4.69) is 10.6 Å². The number of urea groups is 1. The number of barbiturate groups is 1. The molecule has 2 aliphatic rings. The Balaban J connectivity index is 0.00000128. The Labute approximate surface area is 116 Å². The average molecular weight is 233 g/mol. The van der Waals surface area contributed by atoms with Gasteiger partial charge in [0.2, 0.25) is 11.8 Å². The van der Waals surface area contributed by atoms with Gasteiger partial charge in [-0.25, -0.2) is 4.79 Å². The summed E-state index contributed by atoms with van der Waals surface area (Å²) < 4.78 is 0. The van der Waals surface area contributed by atoms with Gasteiger partial charge in [0, 0.05) is 0 Å². The Hall–Kier alpha value is -0.390. The summed E-state index contributed by atoms with van der Waals surface area (Å²) in [5.41, 5.74) is -0.983. The van der Waals surface area contributed by atoms with E-state index in [0.29, 0.717) is 6.42 Å². The van der Waals surface area contributed by atoms with Gasteiger partial charge in [0.25, 0.3) is 0 Å². The van der Waals surface area contributed by atoms with Crippen molar-refractivity contribution in [1.29, 1.82) is 0 Å². The summed E-state index contributed by atoms with van der Waals surface area (Å²) in [4.78, 5) is 34.6. The molecule has 1 spiro atoms. The summed E-state index contributed by atoms with van der Waals surface area (Å²) in [7, 11) is 0. The Morgan fingerprint density at radius 2 is 1.81 bits per heavy atom. The van der Waals surface area contributed by atoms with Crippen LogP contribution in [-0.2, 0) is 9.59 Å². The SMILES string of the molecule is CCC1CCCC12C(=O)NC(=O)NC2=O.[Na+]. The van der Waals surface area contributed by atoms with Crippen molar-refractivity contribution in [3.05, 3.63) is 0 Å². The first-order valence-electron chi connectivity index (χ1n) is 5.28. The molecule has 1 saturated heterocycles. The van der Waals surface area contributed by atoms with Crippen molar-refractivity contribution >= 4 is 17.8 Å². The number of carbonyl (C=O) groups is 3. The fourth-order valence-corrected chi connectivity index (χ4v) is 2.79. The molecule has 2 fully saturated rings. The second-order valence-electron chi connectivity index (χ2n) is 4.21. The third-order valence-electron chi connectivity index (χ3n) is 3.58. The number of amides is 4.